The third-order valence-corrected chi connectivity index (χ3v) is 4.57. The Hall–Kier alpha value is -3.12. The van der Waals surface area contributed by atoms with E-state index in [1.807, 2.05) is 44.2 Å². The number of rotatable bonds is 6. The predicted molar refractivity (Wildman–Crippen MR) is 109 cm³/mol. The molecule has 0 radical (unpaired) electrons. The molecule has 0 spiro atoms. The normalized spacial score (nSPS) is 10.5. The van der Waals surface area contributed by atoms with Crippen molar-refractivity contribution in [2.75, 3.05) is 13.1 Å². The summed E-state index contributed by atoms with van der Waals surface area (Å²) in [6.45, 7) is 4.31. The van der Waals surface area contributed by atoms with Gasteiger partial charge in [-0.25, -0.2) is 4.68 Å². The first-order valence-electron chi connectivity index (χ1n) is 8.91. The van der Waals surface area contributed by atoms with Crippen LogP contribution in [0.25, 0.3) is 5.69 Å². The lowest BCUT2D eigenvalue weighted by Gasteiger charge is -2.08. The molecule has 144 valence electrons. The largest absolute Gasteiger partial charge is 0.350 e. The van der Waals surface area contributed by atoms with E-state index in [0.29, 0.717) is 34.9 Å². The second-order valence-electron chi connectivity index (χ2n) is 6.31. The van der Waals surface area contributed by atoms with Crippen molar-refractivity contribution in [3.8, 4) is 5.69 Å². The number of benzene rings is 2. The van der Waals surface area contributed by atoms with Crippen LogP contribution in [0.4, 0.5) is 0 Å². The van der Waals surface area contributed by atoms with Crippen molar-refractivity contribution in [1.29, 1.82) is 0 Å². The lowest BCUT2D eigenvalue weighted by atomic mass is 10.2. The Morgan fingerprint density at radius 1 is 0.929 bits per heavy atom. The summed E-state index contributed by atoms with van der Waals surface area (Å²) in [5, 5.41) is 10.7. The predicted octanol–water partition coefficient (Wildman–Crippen LogP) is 3.30. The van der Waals surface area contributed by atoms with E-state index >= 15 is 0 Å². The van der Waals surface area contributed by atoms with Crippen LogP contribution in [0, 0.1) is 13.8 Å². The van der Waals surface area contributed by atoms with Crippen LogP contribution in [0.2, 0.25) is 5.02 Å². The van der Waals surface area contributed by atoms with Crippen molar-refractivity contribution in [2.24, 2.45) is 0 Å². The van der Waals surface area contributed by atoms with Crippen LogP contribution in [0.5, 0.6) is 0 Å². The lowest BCUT2D eigenvalue weighted by molar-refractivity contribution is 0.0927. The molecule has 0 fully saturated rings. The highest BCUT2D eigenvalue weighted by molar-refractivity contribution is 6.30. The fourth-order valence-electron chi connectivity index (χ4n) is 2.94. The molecule has 0 atom stereocenters. The summed E-state index contributed by atoms with van der Waals surface area (Å²) < 4.78 is 1.76. The molecule has 0 aliphatic rings. The van der Waals surface area contributed by atoms with Gasteiger partial charge in [0.25, 0.3) is 11.8 Å². The molecular weight excluding hydrogens is 376 g/mol. The Bertz CT molecular complexity index is 982. The molecule has 3 aromatic rings. The Kier molecular flexibility index (Phi) is 6.11. The maximum absolute atomic E-state index is 12.6. The van der Waals surface area contributed by atoms with Gasteiger partial charge in [-0.05, 0) is 50.2 Å². The zero-order chi connectivity index (χ0) is 20.1. The topological polar surface area (TPSA) is 76.0 Å². The number of nitrogens with zero attached hydrogens (tertiary/aromatic N) is 2. The molecule has 6 nitrogen and oxygen atoms in total. The van der Waals surface area contributed by atoms with E-state index in [0.717, 1.165) is 11.4 Å². The van der Waals surface area contributed by atoms with Gasteiger partial charge in [-0.3, -0.25) is 9.59 Å². The summed E-state index contributed by atoms with van der Waals surface area (Å²) in [6.07, 6.45) is 0. The highest BCUT2D eigenvalue weighted by Gasteiger charge is 2.19. The first kappa shape index (κ1) is 19.6. The van der Waals surface area contributed by atoms with E-state index in [-0.39, 0.29) is 11.8 Å². The zero-order valence-corrected chi connectivity index (χ0v) is 16.5. The SMILES string of the molecule is Cc1nn(-c2ccccc2)c(C)c1C(=O)NCCNC(=O)c1ccc(Cl)cc1. The first-order valence-corrected chi connectivity index (χ1v) is 9.29. The third kappa shape index (κ3) is 4.40. The van der Waals surface area contributed by atoms with Crippen molar-refractivity contribution >= 4 is 23.4 Å². The first-order chi connectivity index (χ1) is 13.5. The van der Waals surface area contributed by atoms with Crippen LogP contribution >= 0.6 is 11.6 Å². The van der Waals surface area contributed by atoms with Gasteiger partial charge in [-0.1, -0.05) is 29.8 Å². The number of nitrogens with one attached hydrogen (secondary N) is 2. The van der Waals surface area contributed by atoms with Crippen LogP contribution in [0.15, 0.2) is 54.6 Å². The Morgan fingerprint density at radius 3 is 2.18 bits per heavy atom. The minimum atomic E-state index is -0.213. The number of aromatic nitrogens is 2. The second kappa shape index (κ2) is 8.71. The molecule has 0 aliphatic heterocycles. The Morgan fingerprint density at radius 2 is 1.54 bits per heavy atom. The van der Waals surface area contributed by atoms with Crippen LogP contribution < -0.4 is 10.6 Å². The molecule has 2 N–H and O–H groups in total. The maximum atomic E-state index is 12.6. The number of carbonyl (C=O) groups is 2. The quantitative estimate of drug-likeness (QED) is 0.627. The molecule has 0 unspecified atom stereocenters. The van der Waals surface area contributed by atoms with E-state index in [9.17, 15) is 9.59 Å². The van der Waals surface area contributed by atoms with Gasteiger partial charge >= 0.3 is 0 Å². The second-order valence-corrected chi connectivity index (χ2v) is 6.75. The Balaban J connectivity index is 1.57. The molecule has 0 bridgehead atoms. The molecule has 28 heavy (non-hydrogen) atoms. The molecule has 2 aromatic carbocycles. The molecule has 0 aliphatic carbocycles. The minimum Gasteiger partial charge on any atom is -0.350 e. The van der Waals surface area contributed by atoms with Crippen LogP contribution in [0.1, 0.15) is 32.1 Å². The van der Waals surface area contributed by atoms with Crippen LogP contribution in [-0.4, -0.2) is 34.7 Å². The monoisotopic (exact) mass is 396 g/mol. The van der Waals surface area contributed by atoms with Gasteiger partial charge in [0.1, 0.15) is 0 Å². The summed E-state index contributed by atoms with van der Waals surface area (Å²) >= 11 is 5.82. The molecule has 7 heteroatoms. The van der Waals surface area contributed by atoms with E-state index in [2.05, 4.69) is 15.7 Å². The number of amides is 2. The van der Waals surface area contributed by atoms with Gasteiger partial charge in [-0.2, -0.15) is 5.10 Å². The van der Waals surface area contributed by atoms with Crippen LogP contribution in [0.3, 0.4) is 0 Å². The minimum absolute atomic E-state index is 0.210. The van der Waals surface area contributed by atoms with E-state index in [4.69, 9.17) is 11.6 Å². The van der Waals surface area contributed by atoms with Crippen molar-refractivity contribution in [2.45, 2.75) is 13.8 Å². The summed E-state index contributed by atoms with van der Waals surface area (Å²) in [5.41, 5.74) is 3.40. The van der Waals surface area contributed by atoms with Gasteiger partial charge < -0.3 is 10.6 Å². The number of aryl methyl sites for hydroxylation is 1. The summed E-state index contributed by atoms with van der Waals surface area (Å²) in [7, 11) is 0. The molecule has 2 amide bonds. The van der Waals surface area contributed by atoms with Gasteiger partial charge in [-0.15, -0.1) is 0 Å². The van der Waals surface area contributed by atoms with Gasteiger partial charge in [0.05, 0.1) is 22.6 Å². The van der Waals surface area contributed by atoms with E-state index < -0.39 is 0 Å². The average Bonchev–Trinajstić information content (AvgIpc) is 3.00. The van der Waals surface area contributed by atoms with Gasteiger partial charge in [0.15, 0.2) is 0 Å². The number of halogens is 1. The summed E-state index contributed by atoms with van der Waals surface area (Å²) in [5.74, 6) is -0.423. The molecule has 3 rings (SSSR count). The average molecular weight is 397 g/mol. The molecule has 0 saturated heterocycles. The van der Waals surface area contributed by atoms with Crippen LogP contribution in [-0.2, 0) is 0 Å². The number of para-hydroxylation sites is 1. The summed E-state index contributed by atoms with van der Waals surface area (Å²) in [4.78, 5) is 24.7. The number of hydrogen-bond acceptors (Lipinski definition) is 3. The molecule has 1 heterocycles. The van der Waals surface area contributed by atoms with Crippen molar-refractivity contribution < 1.29 is 9.59 Å². The molecule has 0 saturated carbocycles. The van der Waals surface area contributed by atoms with Gasteiger partial charge in [0, 0.05) is 23.7 Å². The standard InChI is InChI=1S/C21H21ClN4O2/c1-14-19(15(2)26(25-14)18-6-4-3-5-7-18)21(28)24-13-12-23-20(27)16-8-10-17(22)11-9-16/h3-11H,12-13H2,1-2H3,(H,23,27)(H,24,28). The maximum Gasteiger partial charge on any atom is 0.255 e. The number of hydrogen-bond donors (Lipinski definition) is 2. The number of carbonyl (C=O) groups excluding carboxylic acids is 2. The van der Waals surface area contributed by atoms with Crippen molar-refractivity contribution in [3.63, 3.8) is 0 Å². The molecule has 1 aromatic heterocycles. The Labute approximate surface area is 168 Å². The highest BCUT2D eigenvalue weighted by atomic mass is 35.5. The smallest absolute Gasteiger partial charge is 0.255 e. The van der Waals surface area contributed by atoms with Crippen molar-refractivity contribution in [3.05, 3.63) is 82.1 Å². The highest BCUT2D eigenvalue weighted by Crippen LogP contribution is 2.17. The fraction of sp³-hybridized carbons (Fsp3) is 0.190. The van der Waals surface area contributed by atoms with Gasteiger partial charge in [0.2, 0.25) is 0 Å². The lowest BCUT2D eigenvalue weighted by Crippen LogP contribution is -2.35. The fourth-order valence-corrected chi connectivity index (χ4v) is 3.06. The summed E-state index contributed by atoms with van der Waals surface area (Å²) in [6, 6.07) is 16.3. The third-order valence-electron chi connectivity index (χ3n) is 4.32. The zero-order valence-electron chi connectivity index (χ0n) is 15.7. The molecular formula is C21H21ClN4O2. The van der Waals surface area contributed by atoms with Crippen molar-refractivity contribution in [1.82, 2.24) is 20.4 Å². The van der Waals surface area contributed by atoms with E-state index in [1.54, 1.807) is 28.9 Å². The van der Waals surface area contributed by atoms with E-state index in [1.165, 1.54) is 0 Å².